The van der Waals surface area contributed by atoms with Gasteiger partial charge in [-0.15, -0.1) is 0 Å². The van der Waals surface area contributed by atoms with Crippen molar-refractivity contribution in [1.29, 1.82) is 0 Å². The summed E-state index contributed by atoms with van der Waals surface area (Å²) in [4.78, 5) is 11.8. The van der Waals surface area contributed by atoms with Crippen molar-refractivity contribution in [2.75, 3.05) is 0 Å². The molecule has 0 spiro atoms. The molecule has 0 aliphatic heterocycles. The van der Waals surface area contributed by atoms with E-state index in [1.807, 2.05) is 13.8 Å². The topological polar surface area (TPSA) is 46.5 Å². The predicted molar refractivity (Wildman–Crippen MR) is 87.2 cm³/mol. The first-order valence-electron chi connectivity index (χ1n) is 7.06. The highest BCUT2D eigenvalue weighted by molar-refractivity contribution is 5.99. The number of carbonyl (C=O) groups excluding carboxylic acids is 1. The number of rotatable bonds is 3. The number of aliphatic hydroxyl groups excluding tert-OH is 1. The van der Waals surface area contributed by atoms with Crippen molar-refractivity contribution in [2.24, 2.45) is 5.41 Å². The molecule has 2 aliphatic carbocycles. The number of hydrogen-bond acceptors (Lipinski definition) is 3. The van der Waals surface area contributed by atoms with Gasteiger partial charge >= 0.3 is 5.57 Å². The van der Waals surface area contributed by atoms with Crippen LogP contribution in [0.15, 0.2) is 52.0 Å². The van der Waals surface area contributed by atoms with Crippen LogP contribution in [0.1, 0.15) is 26.7 Å². The van der Waals surface area contributed by atoms with E-state index >= 15 is 0 Å². The lowest BCUT2D eigenvalue weighted by molar-refractivity contribution is -0.115. The summed E-state index contributed by atoms with van der Waals surface area (Å²) in [6.45, 7) is 14.6. The van der Waals surface area contributed by atoms with Crippen molar-refractivity contribution in [2.45, 2.75) is 26.7 Å². The predicted octanol–water partition coefficient (Wildman–Crippen LogP) is 3.70. The van der Waals surface area contributed by atoms with E-state index in [0.717, 1.165) is 5.57 Å². The molecular weight excluding hydrogens is 288 g/mol. The standard InChI is InChI=1S/C20H16O3/c1-6-7-8-9-14-11-15(12-17(14)21)23-19(22)18-16(10-13(2)3)20(18,4)5/h1-3,9,12H2,4-5H3/q+2/p+1. The summed E-state index contributed by atoms with van der Waals surface area (Å²) in [5.41, 5.74) is 7.91. The quantitative estimate of drug-likeness (QED) is 0.374. The summed E-state index contributed by atoms with van der Waals surface area (Å²) in [5, 5.41) is 10.2. The zero-order valence-corrected chi connectivity index (χ0v) is 13.3. The van der Waals surface area contributed by atoms with Gasteiger partial charge in [0.1, 0.15) is 26.2 Å². The van der Waals surface area contributed by atoms with Crippen LogP contribution < -0.4 is 0 Å². The van der Waals surface area contributed by atoms with Crippen LogP contribution in [0.3, 0.4) is 0 Å². The van der Waals surface area contributed by atoms with Gasteiger partial charge in [0.05, 0.1) is 29.6 Å². The smallest absolute Gasteiger partial charge is 0.340 e. The third-order valence-corrected chi connectivity index (χ3v) is 3.56. The number of allylic oxidation sites excluding steroid dienone is 4. The number of hydrogen-bond donors (Lipinski definition) is 1. The zero-order valence-electron chi connectivity index (χ0n) is 13.3. The van der Waals surface area contributed by atoms with Gasteiger partial charge in [0, 0.05) is 0 Å². The van der Waals surface area contributed by atoms with Crippen LogP contribution in [0.4, 0.5) is 0 Å². The SMILES string of the molecule is C=[C+]C#CCC1=C=C(OC(O)=C2C(=C=C([CH2+])[CH2+])C2(C)C)CC1=O. The lowest BCUT2D eigenvalue weighted by Crippen LogP contribution is -1.99. The molecule has 1 N–H and O–H groups in total. The summed E-state index contributed by atoms with van der Waals surface area (Å²) in [6, 6.07) is 0. The first kappa shape index (κ1) is 16.4. The summed E-state index contributed by atoms with van der Waals surface area (Å²) in [5.74, 6) is 5.24. The Morgan fingerprint density at radius 1 is 1.52 bits per heavy atom. The fraction of sp³-hybridized carbons (Fsp3) is 0.250. The third kappa shape index (κ3) is 3.43. The Kier molecular flexibility index (Phi) is 4.28. The van der Waals surface area contributed by atoms with E-state index in [0.29, 0.717) is 16.7 Å². The molecule has 0 bridgehead atoms. The van der Waals surface area contributed by atoms with Crippen LogP contribution in [0, 0.1) is 37.2 Å². The van der Waals surface area contributed by atoms with Gasteiger partial charge in [0.15, 0.2) is 23.2 Å². The van der Waals surface area contributed by atoms with Gasteiger partial charge in [-0.1, -0.05) is 5.73 Å². The van der Waals surface area contributed by atoms with Gasteiger partial charge in [-0.2, -0.15) is 0 Å². The molecule has 23 heavy (non-hydrogen) atoms. The molecule has 0 unspecified atom stereocenters. The minimum atomic E-state index is -0.342. The second kappa shape index (κ2) is 6.01. The van der Waals surface area contributed by atoms with Gasteiger partial charge < -0.3 is 9.84 Å². The van der Waals surface area contributed by atoms with Gasteiger partial charge in [0.25, 0.3) is 5.95 Å². The number of aliphatic hydroxyl groups is 1. The lowest BCUT2D eigenvalue weighted by atomic mass is 10.1. The molecule has 0 aromatic heterocycles. The minimum Gasteiger partial charge on any atom is -0.480 e. The van der Waals surface area contributed by atoms with Crippen LogP contribution in [0.25, 0.3) is 0 Å². The molecular formula is C20H17O3+3. The molecule has 112 valence electrons. The Labute approximate surface area is 137 Å². The van der Waals surface area contributed by atoms with E-state index in [1.165, 1.54) is 0 Å². The molecule has 0 heterocycles. The normalized spacial score (nSPS) is 19.6. The Balaban J connectivity index is 2.25. The molecule has 2 rings (SSSR count). The molecule has 0 saturated heterocycles. The molecule has 3 heteroatoms. The summed E-state index contributed by atoms with van der Waals surface area (Å²) >= 11 is 0. The maximum Gasteiger partial charge on any atom is 0.340 e. The summed E-state index contributed by atoms with van der Waals surface area (Å²) < 4.78 is 5.40. The van der Waals surface area contributed by atoms with E-state index in [2.05, 4.69) is 49.8 Å². The lowest BCUT2D eigenvalue weighted by Gasteiger charge is -2.02. The number of ether oxygens (including phenoxy) is 1. The first-order chi connectivity index (χ1) is 10.8. The highest BCUT2D eigenvalue weighted by Gasteiger charge is 2.57. The minimum absolute atomic E-state index is 0.0669. The number of ketones is 1. The van der Waals surface area contributed by atoms with Crippen molar-refractivity contribution >= 4 is 5.78 Å². The van der Waals surface area contributed by atoms with Gasteiger partial charge in [-0.25, -0.2) is 0 Å². The van der Waals surface area contributed by atoms with E-state index in [-0.39, 0.29) is 35.7 Å². The Morgan fingerprint density at radius 3 is 2.83 bits per heavy atom. The van der Waals surface area contributed by atoms with E-state index < -0.39 is 0 Å². The molecule has 3 nitrogen and oxygen atoms in total. The van der Waals surface area contributed by atoms with Gasteiger partial charge in [0.2, 0.25) is 11.7 Å². The largest absolute Gasteiger partial charge is 0.480 e. The highest BCUT2D eigenvalue weighted by Crippen LogP contribution is 2.58. The summed E-state index contributed by atoms with van der Waals surface area (Å²) in [7, 11) is 0. The molecule has 0 atom stereocenters. The third-order valence-electron chi connectivity index (χ3n) is 3.56. The number of carbonyl (C=O) groups is 1. The second-order valence-electron chi connectivity index (χ2n) is 5.79. The number of Topliss-reactive ketones (excluding diaryl/α,β-unsaturated/α-hetero) is 1. The van der Waals surface area contributed by atoms with Crippen LogP contribution in [0.2, 0.25) is 0 Å². The zero-order chi connectivity index (χ0) is 17.2. The van der Waals surface area contributed by atoms with Crippen molar-refractivity contribution < 1.29 is 14.6 Å². The first-order valence-corrected chi connectivity index (χ1v) is 7.06. The van der Waals surface area contributed by atoms with Crippen LogP contribution in [0.5, 0.6) is 0 Å². The average Bonchev–Trinajstić information content (AvgIpc) is 2.79. The van der Waals surface area contributed by atoms with Crippen molar-refractivity contribution in [3.63, 3.8) is 0 Å². The molecule has 1 fully saturated rings. The van der Waals surface area contributed by atoms with Crippen molar-refractivity contribution in [3.05, 3.63) is 72.0 Å². The molecule has 0 aromatic rings. The van der Waals surface area contributed by atoms with E-state index in [1.54, 1.807) is 0 Å². The molecule has 0 radical (unpaired) electrons. The van der Waals surface area contributed by atoms with Gasteiger partial charge in [-0.05, 0) is 13.8 Å². The van der Waals surface area contributed by atoms with Gasteiger partial charge in [-0.3, -0.25) is 4.79 Å². The molecule has 2 aliphatic rings. The van der Waals surface area contributed by atoms with E-state index in [4.69, 9.17) is 4.74 Å². The monoisotopic (exact) mass is 305 g/mol. The molecule has 0 amide bonds. The Hall–Kier alpha value is -3.00. The van der Waals surface area contributed by atoms with Crippen LogP contribution >= 0.6 is 0 Å². The maximum absolute atomic E-state index is 11.8. The summed E-state index contributed by atoms with van der Waals surface area (Å²) in [6.07, 6.45) is 2.76. The Morgan fingerprint density at radius 2 is 2.22 bits per heavy atom. The fourth-order valence-corrected chi connectivity index (χ4v) is 2.34. The van der Waals surface area contributed by atoms with Crippen molar-refractivity contribution in [1.82, 2.24) is 0 Å². The van der Waals surface area contributed by atoms with Crippen molar-refractivity contribution in [3.8, 4) is 11.8 Å². The fourth-order valence-electron chi connectivity index (χ4n) is 2.34. The van der Waals surface area contributed by atoms with Crippen LogP contribution in [-0.2, 0) is 9.53 Å². The maximum atomic E-state index is 11.8. The molecule has 1 saturated carbocycles. The highest BCUT2D eigenvalue weighted by atomic mass is 16.6. The average molecular weight is 305 g/mol. The Bertz CT molecular complexity index is 803. The molecule has 0 aromatic carbocycles. The second-order valence-corrected chi connectivity index (χ2v) is 5.79. The van der Waals surface area contributed by atoms with E-state index in [9.17, 15) is 9.90 Å². The van der Waals surface area contributed by atoms with Crippen LogP contribution in [-0.4, -0.2) is 10.9 Å².